The van der Waals surface area contributed by atoms with Crippen LogP contribution in [0.15, 0.2) is 16.9 Å². The van der Waals surface area contributed by atoms with Gasteiger partial charge in [-0.2, -0.15) is 4.90 Å². The molecule has 4 heteroatoms. The average molecular weight is 276 g/mol. The van der Waals surface area contributed by atoms with Crippen molar-refractivity contribution < 1.29 is 4.42 Å². The summed E-state index contributed by atoms with van der Waals surface area (Å²) in [6, 6.07) is 0. The summed E-state index contributed by atoms with van der Waals surface area (Å²) in [7, 11) is 0. The molecule has 1 unspecified atom stereocenters. The summed E-state index contributed by atoms with van der Waals surface area (Å²) in [5.41, 5.74) is 0.435. The van der Waals surface area contributed by atoms with Gasteiger partial charge >= 0.3 is 0 Å². The van der Waals surface area contributed by atoms with Crippen LogP contribution in [0.3, 0.4) is 0 Å². The summed E-state index contributed by atoms with van der Waals surface area (Å²) in [5.74, 6) is 0.909. The Balaban J connectivity index is 0.000000147. The van der Waals surface area contributed by atoms with E-state index in [4.69, 9.17) is 4.42 Å². The molecule has 3 aliphatic heterocycles. The maximum absolute atomic E-state index is 5.31. The normalized spacial score (nSPS) is 29.8. The van der Waals surface area contributed by atoms with E-state index in [-0.39, 0.29) is 0 Å². The summed E-state index contributed by atoms with van der Waals surface area (Å²) in [6.45, 7) is 4.81. The van der Waals surface area contributed by atoms with Gasteiger partial charge in [-0.3, -0.25) is 0 Å². The van der Waals surface area contributed by atoms with E-state index in [9.17, 15) is 0 Å². The van der Waals surface area contributed by atoms with Crippen LogP contribution in [0.4, 0.5) is 0 Å². The second-order valence-electron chi connectivity index (χ2n) is 6.25. The summed E-state index contributed by atoms with van der Waals surface area (Å²) < 4.78 is 5.31. The van der Waals surface area contributed by atoms with Crippen molar-refractivity contribution in [1.82, 2.24) is 15.2 Å². The van der Waals surface area contributed by atoms with Crippen LogP contribution < -0.4 is 10.2 Å². The van der Waals surface area contributed by atoms with Crippen molar-refractivity contribution in [3.8, 4) is 0 Å². The predicted octanol–water partition coefficient (Wildman–Crippen LogP) is 2.46. The van der Waals surface area contributed by atoms with E-state index in [1.807, 2.05) is 0 Å². The van der Waals surface area contributed by atoms with Crippen LogP contribution >= 0.6 is 0 Å². The molecule has 20 heavy (non-hydrogen) atoms. The lowest BCUT2D eigenvalue weighted by atomic mass is 9.82. The van der Waals surface area contributed by atoms with Crippen LogP contribution in [-0.2, 0) is 6.42 Å². The van der Waals surface area contributed by atoms with Crippen molar-refractivity contribution in [2.24, 2.45) is 0 Å². The van der Waals surface area contributed by atoms with Gasteiger partial charge in [-0.15, -0.1) is 0 Å². The van der Waals surface area contributed by atoms with Gasteiger partial charge in [0, 0.05) is 25.9 Å². The van der Waals surface area contributed by atoms with Crippen molar-refractivity contribution in [2.45, 2.75) is 56.9 Å². The van der Waals surface area contributed by atoms with Crippen LogP contribution in [0, 0.1) is 0 Å². The van der Waals surface area contributed by atoms with E-state index < -0.39 is 0 Å². The molecule has 2 radical (unpaired) electrons. The Morgan fingerprint density at radius 1 is 1.05 bits per heavy atom. The van der Waals surface area contributed by atoms with E-state index in [0.29, 0.717) is 5.54 Å². The molecule has 3 saturated heterocycles. The number of fused-ring (bicyclic) bond motifs is 1. The number of hydrogen-bond acceptors (Lipinski definition) is 3. The Kier molecular flexibility index (Phi) is 4.73. The number of oxazole rings is 1. The Labute approximate surface area is 121 Å². The van der Waals surface area contributed by atoms with E-state index in [2.05, 4.69) is 15.2 Å². The molecule has 4 rings (SSSR count). The second kappa shape index (κ2) is 6.72. The highest BCUT2D eigenvalue weighted by Gasteiger charge is 2.58. The van der Waals surface area contributed by atoms with Gasteiger partial charge < -0.3 is 4.42 Å². The highest BCUT2D eigenvalue weighted by atomic mass is 16.3. The molecule has 0 spiro atoms. The lowest BCUT2D eigenvalue weighted by molar-refractivity contribution is 0.113. The summed E-state index contributed by atoms with van der Waals surface area (Å²) in [5, 5.41) is 4.27. The highest BCUT2D eigenvalue weighted by Crippen LogP contribution is 2.40. The fourth-order valence-corrected chi connectivity index (χ4v) is 3.64. The minimum Gasteiger partial charge on any atom is -0.449 e. The third-order valence-electron chi connectivity index (χ3n) is 4.93. The molecule has 1 aromatic rings. The SMILES string of the molecule is C1CCC[N]CC1.c1coc(CC23CCC[N+]2CC3)n1. The van der Waals surface area contributed by atoms with Gasteiger partial charge in [0.15, 0.2) is 11.4 Å². The largest absolute Gasteiger partial charge is 0.449 e. The zero-order valence-electron chi connectivity index (χ0n) is 12.4. The summed E-state index contributed by atoms with van der Waals surface area (Å²) in [4.78, 5) is 6.78. The number of nitrogens with zero attached hydrogens (tertiary/aromatic N) is 3. The van der Waals surface area contributed by atoms with Crippen LogP contribution in [0.1, 0.15) is 50.8 Å². The van der Waals surface area contributed by atoms with Crippen LogP contribution in [0.5, 0.6) is 0 Å². The van der Waals surface area contributed by atoms with Crippen LogP contribution in [0.25, 0.3) is 0 Å². The topological polar surface area (TPSA) is 46.0 Å². The Morgan fingerprint density at radius 3 is 2.50 bits per heavy atom. The summed E-state index contributed by atoms with van der Waals surface area (Å²) >= 11 is 0. The molecule has 0 N–H and O–H groups in total. The minimum absolute atomic E-state index is 0.435. The monoisotopic (exact) mass is 276 g/mol. The van der Waals surface area contributed by atoms with Crippen molar-refractivity contribution in [2.75, 3.05) is 26.2 Å². The molecule has 0 saturated carbocycles. The van der Waals surface area contributed by atoms with Gasteiger partial charge in [-0.1, -0.05) is 12.8 Å². The maximum atomic E-state index is 5.31. The van der Waals surface area contributed by atoms with E-state index in [0.717, 1.165) is 25.4 Å². The standard InChI is InChI=1S/C10H14N2O.C6H12N/c1-2-10(3-6-12(10)5-1)8-9-11-4-7-13-9;1-2-4-6-7-5-3-1/h4,7H,1-3,5-6,8H2;1-6H2/q+1;. The predicted molar refractivity (Wildman–Crippen MR) is 79.0 cm³/mol. The molecule has 110 valence electrons. The quantitative estimate of drug-likeness (QED) is 0.779. The van der Waals surface area contributed by atoms with E-state index in [1.54, 1.807) is 12.5 Å². The fourth-order valence-electron chi connectivity index (χ4n) is 3.64. The molecule has 0 aromatic carbocycles. The lowest BCUT2D eigenvalue weighted by Gasteiger charge is -2.37. The molecule has 3 aliphatic rings. The third kappa shape index (κ3) is 3.23. The first-order valence-corrected chi connectivity index (χ1v) is 8.16. The molecule has 1 atom stereocenters. The average Bonchev–Trinajstić information content (AvgIpc) is 2.91. The van der Waals surface area contributed by atoms with Crippen LogP contribution in [0.2, 0.25) is 0 Å². The zero-order chi connectivity index (χ0) is 13.7. The third-order valence-corrected chi connectivity index (χ3v) is 4.93. The second-order valence-corrected chi connectivity index (χ2v) is 6.25. The molecular formula is C16H26N3O+. The van der Waals surface area contributed by atoms with Crippen molar-refractivity contribution in [1.29, 1.82) is 0 Å². The van der Waals surface area contributed by atoms with E-state index in [1.165, 1.54) is 58.0 Å². The van der Waals surface area contributed by atoms with Gasteiger partial charge in [0.05, 0.1) is 19.0 Å². The van der Waals surface area contributed by atoms with Gasteiger partial charge in [-0.25, -0.2) is 10.3 Å². The molecule has 1 aromatic heterocycles. The molecule has 4 heterocycles. The molecule has 4 nitrogen and oxygen atoms in total. The van der Waals surface area contributed by atoms with E-state index >= 15 is 0 Å². The molecule has 0 amide bonds. The maximum Gasteiger partial charge on any atom is 0.200 e. The number of rotatable bonds is 2. The van der Waals surface area contributed by atoms with Gasteiger partial charge in [0.25, 0.3) is 0 Å². The smallest absolute Gasteiger partial charge is 0.200 e. The van der Waals surface area contributed by atoms with Gasteiger partial charge in [0.1, 0.15) is 19.4 Å². The Hall–Kier alpha value is -0.870. The Morgan fingerprint density at radius 2 is 1.90 bits per heavy atom. The first kappa shape index (κ1) is 14.1. The summed E-state index contributed by atoms with van der Waals surface area (Å²) in [6.07, 6.45) is 13.9. The van der Waals surface area contributed by atoms with Gasteiger partial charge in [-0.05, 0) is 12.8 Å². The van der Waals surface area contributed by atoms with Crippen molar-refractivity contribution in [3.63, 3.8) is 0 Å². The molecule has 0 bridgehead atoms. The minimum atomic E-state index is 0.435. The van der Waals surface area contributed by atoms with Gasteiger partial charge in [0.2, 0.25) is 0 Å². The fraction of sp³-hybridized carbons (Fsp3) is 0.812. The highest BCUT2D eigenvalue weighted by molar-refractivity contribution is 5.11. The first-order valence-electron chi connectivity index (χ1n) is 8.16. The lowest BCUT2D eigenvalue weighted by Crippen LogP contribution is -2.61. The zero-order valence-corrected chi connectivity index (χ0v) is 12.4. The number of aromatic nitrogens is 1. The molecule has 3 fully saturated rings. The number of hydrogen-bond donors (Lipinski definition) is 0. The van der Waals surface area contributed by atoms with Crippen molar-refractivity contribution in [3.05, 3.63) is 18.4 Å². The first-order chi connectivity index (χ1) is 9.89. The van der Waals surface area contributed by atoms with Crippen molar-refractivity contribution >= 4 is 0 Å². The van der Waals surface area contributed by atoms with Crippen LogP contribution in [-0.4, -0.2) is 36.7 Å². The Bertz CT molecular complexity index is 373. The molecule has 0 aliphatic carbocycles. The molecular weight excluding hydrogens is 250 g/mol.